The molecule has 2 rings (SSSR count). The first-order valence-corrected chi connectivity index (χ1v) is 12.3. The van der Waals surface area contributed by atoms with Gasteiger partial charge in [-0.2, -0.15) is 0 Å². The molecule has 1 heterocycles. The fourth-order valence-electron chi connectivity index (χ4n) is 4.05. The molecule has 1 aliphatic carbocycles. The Morgan fingerprint density at radius 1 is 1.18 bits per heavy atom. The summed E-state index contributed by atoms with van der Waals surface area (Å²) in [6, 6.07) is 0. The largest absolute Gasteiger partial charge is 0.444 e. The second-order valence-electron chi connectivity index (χ2n) is 9.97. The lowest BCUT2D eigenvalue weighted by atomic mass is 9.91. The zero-order valence-electron chi connectivity index (χ0n) is 22.6. The van der Waals surface area contributed by atoms with Gasteiger partial charge in [0.15, 0.2) is 0 Å². The van der Waals surface area contributed by atoms with E-state index in [0.717, 1.165) is 38.9 Å². The summed E-state index contributed by atoms with van der Waals surface area (Å²) in [5, 5.41) is 2.90. The number of carbonyl (C=O) groups excluding carboxylic acids is 2. The van der Waals surface area contributed by atoms with Crippen LogP contribution in [0.3, 0.4) is 0 Å². The first-order chi connectivity index (χ1) is 15.4. The van der Waals surface area contributed by atoms with Crippen LogP contribution in [0.2, 0.25) is 0 Å². The summed E-state index contributed by atoms with van der Waals surface area (Å²) in [4.78, 5) is 24.7. The van der Waals surface area contributed by atoms with Gasteiger partial charge >= 0.3 is 6.09 Å². The van der Waals surface area contributed by atoms with E-state index in [-0.39, 0.29) is 12.0 Å². The van der Waals surface area contributed by atoms with Crippen molar-refractivity contribution in [3.05, 3.63) is 23.3 Å². The first kappa shape index (κ1) is 30.8. The van der Waals surface area contributed by atoms with E-state index >= 15 is 0 Å². The molecule has 1 aliphatic heterocycles. The van der Waals surface area contributed by atoms with E-state index < -0.39 is 5.60 Å². The quantitative estimate of drug-likeness (QED) is 0.376. The number of hydrogen-bond donors (Lipinski definition) is 1. The van der Waals surface area contributed by atoms with Gasteiger partial charge in [-0.1, -0.05) is 31.6 Å². The molecule has 188 valence electrons. The third kappa shape index (κ3) is 12.0. The number of terminal acetylenes is 1. The van der Waals surface area contributed by atoms with Crippen LogP contribution in [-0.4, -0.2) is 42.1 Å². The minimum absolute atomic E-state index is 0.0400. The second-order valence-corrected chi connectivity index (χ2v) is 9.97. The van der Waals surface area contributed by atoms with Gasteiger partial charge in [-0.15, -0.1) is 12.3 Å². The van der Waals surface area contributed by atoms with E-state index in [1.54, 1.807) is 13.8 Å². The molecule has 1 N–H and O–H groups in total. The van der Waals surface area contributed by atoms with Crippen molar-refractivity contribution >= 4 is 12.0 Å². The molecule has 0 aromatic rings. The van der Waals surface area contributed by atoms with Crippen molar-refractivity contribution in [2.24, 2.45) is 11.3 Å². The molecule has 0 radical (unpaired) electrons. The molecule has 33 heavy (non-hydrogen) atoms. The number of ether oxygens (including phenoxy) is 1. The molecule has 1 unspecified atom stereocenters. The van der Waals surface area contributed by atoms with Crippen molar-refractivity contribution in [1.82, 2.24) is 10.2 Å². The molecule has 1 spiro atoms. The molecule has 1 atom stereocenters. The standard InChI is InChI=1S/C15H26N2O3.C10H18.C3H4/c1-11(18)16-10-12-9-15(12)5-7-17(8-6-15)13(19)20-14(2,3)4;1-5-8-10(7-3)9(4)6-2;1-3-2/h12H,5-10H2,1-4H3,(H,16,18);5,8H,6-7H2,1-4H3;1H,2H3/b;8-5-,10-9+;. The number of piperidine rings is 1. The van der Waals surface area contributed by atoms with Gasteiger partial charge in [-0.3, -0.25) is 4.79 Å². The van der Waals surface area contributed by atoms with E-state index in [1.165, 1.54) is 24.0 Å². The van der Waals surface area contributed by atoms with Crippen molar-refractivity contribution in [2.45, 2.75) is 100 Å². The lowest BCUT2D eigenvalue weighted by molar-refractivity contribution is -0.119. The molecular weight excluding hydrogens is 412 g/mol. The maximum atomic E-state index is 12.0. The average molecular weight is 461 g/mol. The summed E-state index contributed by atoms with van der Waals surface area (Å²) < 4.78 is 5.40. The van der Waals surface area contributed by atoms with E-state index in [4.69, 9.17) is 4.74 Å². The highest BCUT2D eigenvalue weighted by atomic mass is 16.6. The number of hydrogen-bond acceptors (Lipinski definition) is 3. The Kier molecular flexibility index (Phi) is 13.8. The summed E-state index contributed by atoms with van der Waals surface area (Å²) in [6.45, 7) is 19.9. The third-order valence-corrected chi connectivity index (χ3v) is 6.19. The summed E-state index contributed by atoms with van der Waals surface area (Å²) in [7, 11) is 0. The van der Waals surface area contributed by atoms with Crippen LogP contribution < -0.4 is 5.32 Å². The van der Waals surface area contributed by atoms with Gasteiger partial charge in [0.1, 0.15) is 5.60 Å². The molecule has 1 saturated heterocycles. The van der Waals surface area contributed by atoms with Crippen LogP contribution in [0.25, 0.3) is 0 Å². The molecule has 0 aromatic heterocycles. The highest BCUT2D eigenvalue weighted by Gasteiger charge is 2.54. The van der Waals surface area contributed by atoms with E-state index in [1.807, 2.05) is 25.7 Å². The van der Waals surface area contributed by atoms with Gasteiger partial charge in [0.05, 0.1) is 0 Å². The fourth-order valence-corrected chi connectivity index (χ4v) is 4.05. The topological polar surface area (TPSA) is 58.6 Å². The Morgan fingerprint density at radius 3 is 2.12 bits per heavy atom. The van der Waals surface area contributed by atoms with Crippen molar-refractivity contribution < 1.29 is 14.3 Å². The zero-order valence-corrected chi connectivity index (χ0v) is 22.6. The second kappa shape index (κ2) is 14.8. The fraction of sp³-hybridized carbons (Fsp3) is 0.714. The Hall–Kier alpha value is -2.22. The van der Waals surface area contributed by atoms with Crippen LogP contribution in [0.5, 0.6) is 0 Å². The SMILES string of the molecule is C#CC.C/C=C\C(CC)=C(/C)CC.CC(=O)NCC1CC12CCN(C(=O)OC(C)(C)C)CC2. The lowest BCUT2D eigenvalue weighted by Gasteiger charge is -2.34. The summed E-state index contributed by atoms with van der Waals surface area (Å²) >= 11 is 0. The maximum Gasteiger partial charge on any atom is 0.410 e. The van der Waals surface area contributed by atoms with E-state index in [9.17, 15) is 9.59 Å². The molecule has 2 fully saturated rings. The molecule has 2 aliphatic rings. The van der Waals surface area contributed by atoms with E-state index in [0.29, 0.717) is 11.3 Å². The average Bonchev–Trinajstić information content (AvgIpc) is 3.41. The molecule has 5 nitrogen and oxygen atoms in total. The van der Waals surface area contributed by atoms with Crippen molar-refractivity contribution in [3.8, 4) is 12.3 Å². The lowest BCUT2D eigenvalue weighted by Crippen LogP contribution is -2.42. The van der Waals surface area contributed by atoms with Crippen LogP contribution in [-0.2, 0) is 9.53 Å². The molecule has 0 bridgehead atoms. The number of nitrogens with zero attached hydrogens (tertiary/aromatic N) is 1. The Balaban J connectivity index is 0.000000663. The number of likely N-dealkylation sites (tertiary alicyclic amines) is 1. The van der Waals surface area contributed by atoms with E-state index in [2.05, 4.69) is 57.5 Å². The van der Waals surface area contributed by atoms with Gasteiger partial charge in [-0.25, -0.2) is 4.79 Å². The van der Waals surface area contributed by atoms with Crippen LogP contribution >= 0.6 is 0 Å². The number of carbonyl (C=O) groups is 2. The minimum atomic E-state index is -0.431. The van der Waals surface area contributed by atoms with Crippen LogP contribution in [0, 0.1) is 23.7 Å². The highest BCUT2D eigenvalue weighted by molar-refractivity contribution is 5.72. The molecule has 2 amide bonds. The number of rotatable bonds is 5. The third-order valence-electron chi connectivity index (χ3n) is 6.19. The Bertz CT molecular complexity index is 714. The van der Waals surface area contributed by atoms with Gasteiger partial charge in [0.2, 0.25) is 5.91 Å². The number of nitrogens with one attached hydrogen (secondary N) is 1. The Labute approximate surface area is 203 Å². The molecule has 1 saturated carbocycles. The molecule has 0 aromatic carbocycles. The molecular formula is C28H48N2O3. The van der Waals surface area contributed by atoms with Gasteiger partial charge in [0, 0.05) is 26.6 Å². The normalized spacial score (nSPS) is 19.3. The number of amides is 2. The predicted octanol–water partition coefficient (Wildman–Crippen LogP) is 6.50. The van der Waals surface area contributed by atoms with Gasteiger partial charge < -0.3 is 15.0 Å². The summed E-state index contributed by atoms with van der Waals surface area (Å²) in [6.07, 6.45) is 14.3. The van der Waals surface area contributed by atoms with Gasteiger partial charge in [0.25, 0.3) is 0 Å². The predicted molar refractivity (Wildman–Crippen MR) is 139 cm³/mol. The molecule has 5 heteroatoms. The Morgan fingerprint density at radius 2 is 1.73 bits per heavy atom. The highest BCUT2D eigenvalue weighted by Crippen LogP contribution is 2.59. The first-order valence-electron chi connectivity index (χ1n) is 12.3. The van der Waals surface area contributed by atoms with Crippen LogP contribution in [0.15, 0.2) is 23.3 Å². The smallest absolute Gasteiger partial charge is 0.410 e. The zero-order chi connectivity index (χ0) is 25.7. The monoisotopic (exact) mass is 460 g/mol. The maximum absolute atomic E-state index is 12.0. The minimum Gasteiger partial charge on any atom is -0.444 e. The van der Waals surface area contributed by atoms with Crippen LogP contribution in [0.4, 0.5) is 4.79 Å². The van der Waals surface area contributed by atoms with Crippen molar-refractivity contribution in [2.75, 3.05) is 19.6 Å². The number of allylic oxidation sites excluding steroid dienone is 4. The summed E-state index contributed by atoms with van der Waals surface area (Å²) in [5.74, 6) is 2.88. The summed E-state index contributed by atoms with van der Waals surface area (Å²) in [5.41, 5.74) is 2.94. The van der Waals surface area contributed by atoms with Crippen LogP contribution in [0.1, 0.15) is 94.4 Å². The van der Waals surface area contributed by atoms with Crippen molar-refractivity contribution in [1.29, 1.82) is 0 Å². The van der Waals surface area contributed by atoms with Crippen molar-refractivity contribution in [3.63, 3.8) is 0 Å². The van der Waals surface area contributed by atoms with Gasteiger partial charge in [-0.05, 0) is 90.6 Å².